The van der Waals surface area contributed by atoms with Crippen LogP contribution in [-0.4, -0.2) is 48.5 Å². The molecule has 0 spiro atoms. The Balaban J connectivity index is 0.00000156. The molecule has 2 aliphatic heterocycles. The van der Waals surface area contributed by atoms with Gasteiger partial charge in [0.1, 0.15) is 0 Å². The van der Waals surface area contributed by atoms with Crippen molar-refractivity contribution < 1.29 is 4.79 Å². The molecule has 0 radical (unpaired) electrons. The monoisotopic (exact) mass is 405 g/mol. The fraction of sp³-hybridized carbons (Fsp3) is 0.611. The van der Waals surface area contributed by atoms with Crippen LogP contribution in [0.1, 0.15) is 24.0 Å². The zero-order valence-electron chi connectivity index (χ0n) is 14.8. The summed E-state index contributed by atoms with van der Waals surface area (Å²) < 4.78 is 0. The number of nitrogens with zero attached hydrogens (tertiary/aromatic N) is 1. The Labute approximate surface area is 167 Å². The predicted octanol–water partition coefficient (Wildman–Crippen LogP) is 3.33. The largest absolute Gasteiger partial charge is 0.326 e. The lowest BCUT2D eigenvalue weighted by atomic mass is 9.98. The summed E-state index contributed by atoms with van der Waals surface area (Å²) in [5, 5.41) is 6.42. The maximum absolute atomic E-state index is 12.4. The molecule has 1 unspecified atom stereocenters. The van der Waals surface area contributed by atoms with Crippen LogP contribution in [0.3, 0.4) is 0 Å². The first-order chi connectivity index (χ1) is 11.2. The molecule has 1 aromatic rings. The molecule has 0 aromatic heterocycles. The van der Waals surface area contributed by atoms with Crippen LogP contribution in [0.2, 0.25) is 0 Å². The van der Waals surface area contributed by atoms with E-state index in [1.807, 2.05) is 11.8 Å². The van der Waals surface area contributed by atoms with Crippen LogP contribution in [0.5, 0.6) is 0 Å². The van der Waals surface area contributed by atoms with Crippen LogP contribution in [0.15, 0.2) is 18.2 Å². The van der Waals surface area contributed by atoms with Gasteiger partial charge in [-0.3, -0.25) is 9.69 Å². The molecule has 0 aliphatic carbocycles. The van der Waals surface area contributed by atoms with Crippen LogP contribution in [0.4, 0.5) is 5.69 Å². The zero-order valence-corrected chi connectivity index (χ0v) is 17.2. The molecule has 3 rings (SSSR count). The summed E-state index contributed by atoms with van der Waals surface area (Å²) >= 11 is 2.04. The lowest BCUT2D eigenvalue weighted by Gasteiger charge is -2.26. The van der Waals surface area contributed by atoms with Gasteiger partial charge in [0, 0.05) is 43.4 Å². The molecule has 1 atom stereocenters. The van der Waals surface area contributed by atoms with E-state index in [0.29, 0.717) is 0 Å². The fourth-order valence-corrected chi connectivity index (χ4v) is 4.27. The van der Waals surface area contributed by atoms with Crippen LogP contribution >= 0.6 is 36.6 Å². The molecule has 2 N–H and O–H groups in total. The first-order valence-corrected chi connectivity index (χ1v) is 9.79. The van der Waals surface area contributed by atoms with Gasteiger partial charge in [0.2, 0.25) is 5.91 Å². The molecule has 25 heavy (non-hydrogen) atoms. The van der Waals surface area contributed by atoms with E-state index in [1.54, 1.807) is 0 Å². The van der Waals surface area contributed by atoms with Crippen molar-refractivity contribution >= 4 is 48.2 Å². The van der Waals surface area contributed by atoms with E-state index in [9.17, 15) is 4.79 Å². The smallest absolute Gasteiger partial charge is 0.228 e. The average molecular weight is 406 g/mol. The lowest BCUT2D eigenvalue weighted by molar-refractivity contribution is -0.120. The summed E-state index contributed by atoms with van der Waals surface area (Å²) in [6, 6.07) is 6.44. The van der Waals surface area contributed by atoms with Gasteiger partial charge in [-0.25, -0.2) is 0 Å². The Morgan fingerprint density at radius 2 is 2.08 bits per heavy atom. The highest BCUT2D eigenvalue weighted by atomic mass is 35.5. The minimum absolute atomic E-state index is 0. The number of aryl methyl sites for hydroxylation is 1. The van der Waals surface area contributed by atoms with E-state index >= 15 is 0 Å². The van der Waals surface area contributed by atoms with Crippen molar-refractivity contribution in [2.24, 2.45) is 5.92 Å². The number of halogens is 2. The highest BCUT2D eigenvalue weighted by molar-refractivity contribution is 7.99. The summed E-state index contributed by atoms with van der Waals surface area (Å²) in [6.45, 7) is 7.29. The SMILES string of the molecule is Cc1cc(CN2CCSCC2)ccc1NC(=O)C1CCCNC1.Cl.Cl. The molecule has 1 aromatic carbocycles. The number of amides is 1. The van der Waals surface area contributed by atoms with E-state index in [0.717, 1.165) is 43.7 Å². The van der Waals surface area contributed by atoms with E-state index in [1.165, 1.54) is 30.2 Å². The minimum Gasteiger partial charge on any atom is -0.326 e. The Morgan fingerprint density at radius 3 is 2.72 bits per heavy atom. The average Bonchev–Trinajstić information content (AvgIpc) is 2.59. The predicted molar refractivity (Wildman–Crippen MR) is 113 cm³/mol. The summed E-state index contributed by atoms with van der Waals surface area (Å²) in [5.74, 6) is 2.74. The van der Waals surface area contributed by atoms with Crippen molar-refractivity contribution in [3.63, 3.8) is 0 Å². The highest BCUT2D eigenvalue weighted by Gasteiger charge is 2.21. The van der Waals surface area contributed by atoms with Crippen molar-refractivity contribution in [3.8, 4) is 0 Å². The minimum atomic E-state index is 0. The first kappa shape index (κ1) is 22.6. The van der Waals surface area contributed by atoms with Gasteiger partial charge in [-0.05, 0) is 43.5 Å². The van der Waals surface area contributed by atoms with Gasteiger partial charge in [-0.2, -0.15) is 11.8 Å². The second-order valence-electron chi connectivity index (χ2n) is 6.57. The molecule has 2 heterocycles. The van der Waals surface area contributed by atoms with Gasteiger partial charge in [0.25, 0.3) is 0 Å². The van der Waals surface area contributed by atoms with Crippen LogP contribution < -0.4 is 10.6 Å². The van der Waals surface area contributed by atoms with E-state index in [2.05, 4.69) is 40.7 Å². The summed E-state index contributed by atoms with van der Waals surface area (Å²) in [6.07, 6.45) is 2.08. The normalized spacial score (nSPS) is 20.9. The van der Waals surface area contributed by atoms with Crippen molar-refractivity contribution in [3.05, 3.63) is 29.3 Å². The summed E-state index contributed by atoms with van der Waals surface area (Å²) in [4.78, 5) is 14.9. The summed E-state index contributed by atoms with van der Waals surface area (Å²) in [7, 11) is 0. The number of carbonyl (C=O) groups excluding carboxylic acids is 1. The molecule has 0 saturated carbocycles. The number of hydrogen-bond acceptors (Lipinski definition) is 4. The van der Waals surface area contributed by atoms with Gasteiger partial charge in [-0.1, -0.05) is 12.1 Å². The Kier molecular flexibility index (Phi) is 10.2. The number of thioether (sulfide) groups is 1. The number of rotatable bonds is 4. The molecule has 2 aliphatic rings. The molecule has 142 valence electrons. The molecular formula is C18H29Cl2N3OS. The van der Waals surface area contributed by atoms with Crippen molar-refractivity contribution in [1.29, 1.82) is 0 Å². The number of benzene rings is 1. The topological polar surface area (TPSA) is 44.4 Å². The van der Waals surface area contributed by atoms with Gasteiger partial charge < -0.3 is 10.6 Å². The van der Waals surface area contributed by atoms with Crippen LogP contribution in [0.25, 0.3) is 0 Å². The van der Waals surface area contributed by atoms with E-state index in [4.69, 9.17) is 0 Å². The number of nitrogens with one attached hydrogen (secondary N) is 2. The van der Waals surface area contributed by atoms with Gasteiger partial charge in [0.15, 0.2) is 0 Å². The van der Waals surface area contributed by atoms with Crippen molar-refractivity contribution in [1.82, 2.24) is 10.2 Å². The van der Waals surface area contributed by atoms with Crippen molar-refractivity contribution in [2.75, 3.05) is 43.0 Å². The maximum Gasteiger partial charge on any atom is 0.228 e. The number of piperidine rings is 1. The molecule has 7 heteroatoms. The highest BCUT2D eigenvalue weighted by Crippen LogP contribution is 2.21. The Hall–Kier alpha value is -0.460. The van der Waals surface area contributed by atoms with E-state index < -0.39 is 0 Å². The fourth-order valence-electron chi connectivity index (χ4n) is 3.29. The quantitative estimate of drug-likeness (QED) is 0.805. The van der Waals surface area contributed by atoms with Gasteiger partial charge >= 0.3 is 0 Å². The van der Waals surface area contributed by atoms with E-state index in [-0.39, 0.29) is 36.6 Å². The number of anilines is 1. The Bertz CT molecular complexity index is 547. The lowest BCUT2D eigenvalue weighted by Crippen LogP contribution is -2.37. The van der Waals surface area contributed by atoms with Crippen LogP contribution in [0, 0.1) is 12.8 Å². The molecule has 1 amide bonds. The molecule has 2 saturated heterocycles. The van der Waals surface area contributed by atoms with Crippen LogP contribution in [-0.2, 0) is 11.3 Å². The Morgan fingerprint density at radius 1 is 1.32 bits per heavy atom. The summed E-state index contributed by atoms with van der Waals surface area (Å²) in [5.41, 5.74) is 3.45. The number of hydrogen-bond donors (Lipinski definition) is 2. The number of carbonyl (C=O) groups is 1. The van der Waals surface area contributed by atoms with Gasteiger partial charge in [-0.15, -0.1) is 24.8 Å². The third-order valence-electron chi connectivity index (χ3n) is 4.73. The maximum atomic E-state index is 12.4. The second-order valence-corrected chi connectivity index (χ2v) is 7.80. The third-order valence-corrected chi connectivity index (χ3v) is 5.67. The third kappa shape index (κ3) is 6.65. The molecular weight excluding hydrogens is 377 g/mol. The standard InChI is InChI=1S/C18H27N3OS.2ClH/c1-14-11-15(13-21-7-9-23-10-8-21)4-5-17(14)20-18(22)16-3-2-6-19-12-16;;/h4-5,11,16,19H,2-3,6-10,12-13H2,1H3,(H,20,22);2*1H. The first-order valence-electron chi connectivity index (χ1n) is 8.63. The molecule has 0 bridgehead atoms. The van der Waals surface area contributed by atoms with Gasteiger partial charge in [0.05, 0.1) is 5.92 Å². The zero-order chi connectivity index (χ0) is 16.1. The molecule has 2 fully saturated rings. The second kappa shape index (κ2) is 11.3. The van der Waals surface area contributed by atoms with Crippen molar-refractivity contribution in [2.45, 2.75) is 26.3 Å². The molecule has 4 nitrogen and oxygen atoms in total.